The van der Waals surface area contributed by atoms with Crippen LogP contribution < -0.4 is 5.73 Å². The predicted molar refractivity (Wildman–Crippen MR) is 63.2 cm³/mol. The number of esters is 1. The third kappa shape index (κ3) is 3.50. The lowest BCUT2D eigenvalue weighted by atomic mass is 10.2. The number of amides is 1. The summed E-state index contributed by atoms with van der Waals surface area (Å²) in [7, 11) is 0. The lowest BCUT2D eigenvalue weighted by Gasteiger charge is -2.09. The summed E-state index contributed by atoms with van der Waals surface area (Å²) >= 11 is 2.13. The van der Waals surface area contributed by atoms with Gasteiger partial charge in [-0.25, -0.2) is 4.79 Å². The average molecular weight is 319 g/mol. The molecule has 0 saturated carbocycles. The fourth-order valence-electron chi connectivity index (χ4n) is 0.873. The van der Waals surface area contributed by atoms with Crippen LogP contribution in [0.5, 0.6) is 0 Å². The highest BCUT2D eigenvalue weighted by molar-refractivity contribution is 14.1. The third-order valence-corrected chi connectivity index (χ3v) is 2.48. The van der Waals surface area contributed by atoms with E-state index in [0.717, 1.165) is 3.57 Å². The van der Waals surface area contributed by atoms with E-state index in [9.17, 15) is 9.59 Å². The van der Waals surface area contributed by atoms with E-state index in [1.165, 1.54) is 6.92 Å². The normalized spacial score (nSPS) is 11.9. The van der Waals surface area contributed by atoms with E-state index in [4.69, 9.17) is 10.5 Å². The number of carbonyl (C=O) groups excluding carboxylic acids is 2. The Morgan fingerprint density at radius 1 is 1.33 bits per heavy atom. The maximum atomic E-state index is 11.4. The molecule has 1 atom stereocenters. The van der Waals surface area contributed by atoms with Gasteiger partial charge in [0.1, 0.15) is 0 Å². The molecule has 0 radical (unpaired) electrons. The topological polar surface area (TPSA) is 69.4 Å². The third-order valence-electron chi connectivity index (χ3n) is 1.76. The summed E-state index contributed by atoms with van der Waals surface area (Å²) in [5.74, 6) is -1.20. The second kappa shape index (κ2) is 5.11. The molecule has 0 heterocycles. The molecule has 0 unspecified atom stereocenters. The van der Waals surface area contributed by atoms with Crippen molar-refractivity contribution in [1.82, 2.24) is 0 Å². The summed E-state index contributed by atoms with van der Waals surface area (Å²) in [5.41, 5.74) is 5.38. The molecule has 1 rings (SSSR count). The Kier molecular flexibility index (Phi) is 4.07. The molecule has 0 aliphatic rings. The minimum atomic E-state index is -0.906. The molecule has 2 N–H and O–H groups in total. The quantitative estimate of drug-likeness (QED) is 0.675. The largest absolute Gasteiger partial charge is 0.449 e. The molecule has 0 aromatic heterocycles. The van der Waals surface area contributed by atoms with Gasteiger partial charge in [-0.05, 0) is 53.8 Å². The van der Waals surface area contributed by atoms with Crippen LogP contribution in [0.25, 0.3) is 0 Å². The molecular weight excluding hydrogens is 309 g/mol. The lowest BCUT2D eigenvalue weighted by Crippen LogP contribution is -2.30. The number of rotatable bonds is 3. The predicted octanol–water partition coefficient (Wildman–Crippen LogP) is 1.32. The molecule has 80 valence electrons. The molecule has 15 heavy (non-hydrogen) atoms. The highest BCUT2D eigenvalue weighted by Gasteiger charge is 2.15. The molecule has 0 saturated heterocycles. The molecule has 0 bridgehead atoms. The van der Waals surface area contributed by atoms with Gasteiger partial charge in [-0.1, -0.05) is 0 Å². The molecule has 0 aliphatic heterocycles. The van der Waals surface area contributed by atoms with Crippen LogP contribution in [0, 0.1) is 3.57 Å². The van der Waals surface area contributed by atoms with Crippen molar-refractivity contribution in [3.05, 3.63) is 33.4 Å². The van der Waals surface area contributed by atoms with Gasteiger partial charge in [0.05, 0.1) is 5.56 Å². The number of ether oxygens (including phenoxy) is 1. The van der Waals surface area contributed by atoms with Crippen molar-refractivity contribution in [3.8, 4) is 0 Å². The maximum absolute atomic E-state index is 11.4. The van der Waals surface area contributed by atoms with E-state index in [-0.39, 0.29) is 0 Å². The zero-order valence-electron chi connectivity index (χ0n) is 8.07. The van der Waals surface area contributed by atoms with Crippen molar-refractivity contribution in [2.24, 2.45) is 5.73 Å². The van der Waals surface area contributed by atoms with Gasteiger partial charge in [0, 0.05) is 3.57 Å². The van der Waals surface area contributed by atoms with Gasteiger partial charge in [-0.3, -0.25) is 4.79 Å². The number of carbonyl (C=O) groups is 2. The first-order valence-corrected chi connectivity index (χ1v) is 5.34. The first-order chi connectivity index (χ1) is 7.00. The molecule has 0 aliphatic carbocycles. The number of benzene rings is 1. The van der Waals surface area contributed by atoms with Crippen LogP contribution in [0.3, 0.4) is 0 Å². The molecule has 1 amide bonds. The summed E-state index contributed by atoms with van der Waals surface area (Å²) in [6.45, 7) is 1.44. The van der Waals surface area contributed by atoms with Gasteiger partial charge >= 0.3 is 5.97 Å². The van der Waals surface area contributed by atoms with Crippen LogP contribution in [0.15, 0.2) is 24.3 Å². The smallest absolute Gasteiger partial charge is 0.338 e. The van der Waals surface area contributed by atoms with Crippen molar-refractivity contribution in [2.75, 3.05) is 0 Å². The highest BCUT2D eigenvalue weighted by atomic mass is 127. The summed E-state index contributed by atoms with van der Waals surface area (Å²) < 4.78 is 5.84. The number of hydrogen-bond donors (Lipinski definition) is 1. The van der Waals surface area contributed by atoms with Crippen molar-refractivity contribution in [3.63, 3.8) is 0 Å². The zero-order valence-corrected chi connectivity index (χ0v) is 10.2. The van der Waals surface area contributed by atoms with Crippen LogP contribution >= 0.6 is 22.6 Å². The Hall–Kier alpha value is -1.11. The van der Waals surface area contributed by atoms with Crippen LogP contribution in [-0.2, 0) is 9.53 Å². The Morgan fingerprint density at radius 3 is 2.33 bits per heavy atom. The summed E-state index contributed by atoms with van der Waals surface area (Å²) in [4.78, 5) is 22.1. The Labute approximate surface area is 101 Å². The van der Waals surface area contributed by atoms with Gasteiger partial charge < -0.3 is 10.5 Å². The fourth-order valence-corrected chi connectivity index (χ4v) is 1.23. The van der Waals surface area contributed by atoms with E-state index < -0.39 is 18.0 Å². The van der Waals surface area contributed by atoms with Crippen molar-refractivity contribution in [1.29, 1.82) is 0 Å². The van der Waals surface area contributed by atoms with Gasteiger partial charge in [-0.15, -0.1) is 0 Å². The molecule has 4 nitrogen and oxygen atoms in total. The second-order valence-corrected chi connectivity index (χ2v) is 4.20. The van der Waals surface area contributed by atoms with Crippen LogP contribution in [0.2, 0.25) is 0 Å². The Balaban J connectivity index is 2.69. The molecule has 5 heteroatoms. The zero-order chi connectivity index (χ0) is 11.4. The van der Waals surface area contributed by atoms with Crippen LogP contribution in [0.1, 0.15) is 17.3 Å². The molecule has 1 aromatic carbocycles. The molecule has 0 fully saturated rings. The number of halogens is 1. The van der Waals surface area contributed by atoms with E-state index in [1.807, 2.05) is 0 Å². The molecule has 0 spiro atoms. The van der Waals surface area contributed by atoms with Crippen molar-refractivity contribution < 1.29 is 14.3 Å². The van der Waals surface area contributed by atoms with E-state index in [0.29, 0.717) is 5.56 Å². The van der Waals surface area contributed by atoms with Crippen LogP contribution in [0.4, 0.5) is 0 Å². The molecule has 1 aromatic rings. The highest BCUT2D eigenvalue weighted by Crippen LogP contribution is 2.08. The van der Waals surface area contributed by atoms with E-state index in [1.54, 1.807) is 24.3 Å². The number of nitrogens with two attached hydrogens (primary N) is 1. The van der Waals surface area contributed by atoms with Gasteiger partial charge in [0.15, 0.2) is 6.10 Å². The second-order valence-electron chi connectivity index (χ2n) is 2.96. The van der Waals surface area contributed by atoms with E-state index in [2.05, 4.69) is 22.6 Å². The van der Waals surface area contributed by atoms with Gasteiger partial charge in [0.2, 0.25) is 0 Å². The summed E-state index contributed by atoms with van der Waals surface area (Å²) in [6, 6.07) is 6.84. The number of primary amides is 1. The van der Waals surface area contributed by atoms with Crippen LogP contribution in [-0.4, -0.2) is 18.0 Å². The molecular formula is C10H10INO3. The SMILES string of the molecule is C[C@@H](OC(=O)c1ccc(I)cc1)C(N)=O. The van der Waals surface area contributed by atoms with Crippen molar-refractivity contribution in [2.45, 2.75) is 13.0 Å². The van der Waals surface area contributed by atoms with Gasteiger partial charge in [0.25, 0.3) is 5.91 Å². The minimum Gasteiger partial charge on any atom is -0.449 e. The fraction of sp³-hybridized carbons (Fsp3) is 0.200. The lowest BCUT2D eigenvalue weighted by molar-refractivity contribution is -0.125. The maximum Gasteiger partial charge on any atom is 0.338 e. The van der Waals surface area contributed by atoms with E-state index >= 15 is 0 Å². The number of hydrogen-bond acceptors (Lipinski definition) is 3. The van der Waals surface area contributed by atoms with Gasteiger partial charge in [-0.2, -0.15) is 0 Å². The Bertz CT molecular complexity index is 375. The van der Waals surface area contributed by atoms with Crippen molar-refractivity contribution >= 4 is 34.5 Å². The first kappa shape index (κ1) is 12.0. The standard InChI is InChI=1S/C10H10INO3/c1-6(9(12)13)15-10(14)7-2-4-8(11)5-3-7/h2-6H,1H3,(H2,12,13)/t6-/m1/s1. The minimum absolute atomic E-state index is 0.406. The average Bonchev–Trinajstić information content (AvgIpc) is 2.18. The monoisotopic (exact) mass is 319 g/mol. The first-order valence-electron chi connectivity index (χ1n) is 4.26. The summed E-state index contributed by atoms with van der Waals surface area (Å²) in [5, 5.41) is 0. The Morgan fingerprint density at radius 2 is 1.87 bits per heavy atom. The summed E-state index contributed by atoms with van der Waals surface area (Å²) in [6.07, 6.45) is -0.906.